The van der Waals surface area contributed by atoms with Gasteiger partial charge in [-0.05, 0) is 13.3 Å². The van der Waals surface area contributed by atoms with E-state index in [9.17, 15) is 0 Å². The van der Waals surface area contributed by atoms with E-state index in [4.69, 9.17) is 4.74 Å². The second-order valence-electron chi connectivity index (χ2n) is 4.00. The van der Waals surface area contributed by atoms with E-state index in [1.54, 1.807) is 6.07 Å². The zero-order valence-electron chi connectivity index (χ0n) is 10.8. The van der Waals surface area contributed by atoms with Crippen LogP contribution in [0.5, 0.6) is 11.8 Å². The van der Waals surface area contributed by atoms with Crippen LogP contribution in [0.1, 0.15) is 24.9 Å². The van der Waals surface area contributed by atoms with Gasteiger partial charge in [-0.1, -0.05) is 6.92 Å². The molecule has 0 aliphatic heterocycles. The maximum absolute atomic E-state index is 5.60. The summed E-state index contributed by atoms with van der Waals surface area (Å²) in [5, 5.41) is 9.84. The molecule has 2 rings (SSSR count). The van der Waals surface area contributed by atoms with Crippen molar-refractivity contribution in [3.05, 3.63) is 23.7 Å². The van der Waals surface area contributed by atoms with Crippen LogP contribution in [-0.4, -0.2) is 27.2 Å². The van der Waals surface area contributed by atoms with E-state index >= 15 is 0 Å². The first-order chi connectivity index (χ1) is 8.71. The molecule has 0 aromatic carbocycles. The molecule has 2 heterocycles. The molecule has 0 radical (unpaired) electrons. The molecule has 6 nitrogen and oxygen atoms in total. The Morgan fingerprint density at radius 2 is 2.11 bits per heavy atom. The lowest BCUT2D eigenvalue weighted by atomic mass is 10.3. The van der Waals surface area contributed by atoms with E-state index in [1.165, 1.54) is 0 Å². The van der Waals surface area contributed by atoms with E-state index in [-0.39, 0.29) is 0 Å². The predicted octanol–water partition coefficient (Wildman–Crippen LogP) is 2.29. The van der Waals surface area contributed by atoms with Crippen molar-refractivity contribution in [1.82, 2.24) is 20.2 Å². The lowest BCUT2D eigenvalue weighted by Crippen LogP contribution is -2.01. The average molecular weight is 247 g/mol. The SMILES string of the molecule is CCCc1nc(NC)cc(Oc2cc(C)[nH]n2)n1. The predicted molar refractivity (Wildman–Crippen MR) is 69.0 cm³/mol. The van der Waals surface area contributed by atoms with Crippen molar-refractivity contribution in [3.63, 3.8) is 0 Å². The monoisotopic (exact) mass is 247 g/mol. The van der Waals surface area contributed by atoms with E-state index in [0.29, 0.717) is 11.8 Å². The van der Waals surface area contributed by atoms with Crippen LogP contribution in [-0.2, 0) is 6.42 Å². The Morgan fingerprint density at radius 1 is 1.28 bits per heavy atom. The molecule has 0 fully saturated rings. The molecule has 0 spiro atoms. The third-order valence-electron chi connectivity index (χ3n) is 2.37. The molecule has 0 saturated heterocycles. The maximum atomic E-state index is 5.60. The van der Waals surface area contributed by atoms with Gasteiger partial charge < -0.3 is 10.1 Å². The van der Waals surface area contributed by atoms with Crippen LogP contribution < -0.4 is 10.1 Å². The summed E-state index contributed by atoms with van der Waals surface area (Å²) in [6, 6.07) is 3.57. The number of nitrogens with zero attached hydrogens (tertiary/aromatic N) is 3. The van der Waals surface area contributed by atoms with Gasteiger partial charge in [0, 0.05) is 31.3 Å². The third kappa shape index (κ3) is 2.97. The first-order valence-electron chi connectivity index (χ1n) is 5.97. The van der Waals surface area contributed by atoms with Gasteiger partial charge in [-0.2, -0.15) is 4.98 Å². The normalized spacial score (nSPS) is 10.4. The van der Waals surface area contributed by atoms with Gasteiger partial charge in [0.05, 0.1) is 0 Å². The number of nitrogens with one attached hydrogen (secondary N) is 2. The lowest BCUT2D eigenvalue weighted by molar-refractivity contribution is 0.440. The second-order valence-corrected chi connectivity index (χ2v) is 4.00. The largest absolute Gasteiger partial charge is 0.419 e. The molecule has 0 unspecified atom stereocenters. The molecule has 0 aliphatic rings. The smallest absolute Gasteiger partial charge is 0.240 e. The Labute approximate surface area is 106 Å². The van der Waals surface area contributed by atoms with Gasteiger partial charge in [0.15, 0.2) is 0 Å². The molecule has 2 aromatic rings. The van der Waals surface area contributed by atoms with Crippen molar-refractivity contribution in [2.75, 3.05) is 12.4 Å². The summed E-state index contributed by atoms with van der Waals surface area (Å²) in [6.45, 7) is 4.01. The lowest BCUT2D eigenvalue weighted by Gasteiger charge is -2.06. The number of aromatic nitrogens is 4. The molecule has 0 aliphatic carbocycles. The summed E-state index contributed by atoms with van der Waals surface area (Å²) in [5.74, 6) is 2.53. The molecule has 0 saturated carbocycles. The number of hydrogen-bond acceptors (Lipinski definition) is 5. The van der Waals surface area contributed by atoms with Gasteiger partial charge in [-0.15, -0.1) is 5.10 Å². The number of hydrogen-bond donors (Lipinski definition) is 2. The second kappa shape index (κ2) is 5.48. The standard InChI is InChI=1S/C12H17N5O/c1-4-5-9-14-10(13-3)7-11(15-9)18-12-6-8(2)16-17-12/h6-7H,4-5H2,1-3H3,(H,16,17)(H,13,14,15). The molecule has 18 heavy (non-hydrogen) atoms. The molecule has 0 bridgehead atoms. The van der Waals surface area contributed by atoms with E-state index < -0.39 is 0 Å². The van der Waals surface area contributed by atoms with Gasteiger partial charge in [-0.25, -0.2) is 4.98 Å². The summed E-state index contributed by atoms with van der Waals surface area (Å²) < 4.78 is 5.60. The van der Waals surface area contributed by atoms with Crippen molar-refractivity contribution in [2.45, 2.75) is 26.7 Å². The van der Waals surface area contributed by atoms with Gasteiger partial charge >= 0.3 is 0 Å². The van der Waals surface area contributed by atoms with Crippen LogP contribution in [0.3, 0.4) is 0 Å². The number of H-pyrrole nitrogens is 1. The van der Waals surface area contributed by atoms with Crippen molar-refractivity contribution in [3.8, 4) is 11.8 Å². The molecule has 2 N–H and O–H groups in total. The zero-order valence-corrected chi connectivity index (χ0v) is 10.8. The van der Waals surface area contributed by atoms with Crippen LogP contribution in [0.25, 0.3) is 0 Å². The molecule has 0 amide bonds. The number of anilines is 1. The Bertz CT molecular complexity index is 523. The van der Waals surface area contributed by atoms with Crippen LogP contribution in [0.15, 0.2) is 12.1 Å². The number of ether oxygens (including phenoxy) is 1. The van der Waals surface area contributed by atoms with E-state index in [1.807, 2.05) is 20.0 Å². The minimum absolute atomic E-state index is 0.504. The minimum Gasteiger partial charge on any atom is -0.419 e. The van der Waals surface area contributed by atoms with Crippen molar-refractivity contribution in [1.29, 1.82) is 0 Å². The fourth-order valence-electron chi connectivity index (χ4n) is 1.54. The highest BCUT2D eigenvalue weighted by molar-refractivity contribution is 5.38. The van der Waals surface area contributed by atoms with Crippen LogP contribution in [0.4, 0.5) is 5.82 Å². The summed E-state index contributed by atoms with van der Waals surface area (Å²) in [6.07, 6.45) is 1.82. The molecule has 0 atom stereocenters. The van der Waals surface area contributed by atoms with Crippen LogP contribution in [0, 0.1) is 6.92 Å². The molecule has 2 aromatic heterocycles. The third-order valence-corrected chi connectivity index (χ3v) is 2.37. The fourth-order valence-corrected chi connectivity index (χ4v) is 1.54. The van der Waals surface area contributed by atoms with E-state index in [0.717, 1.165) is 30.2 Å². The van der Waals surface area contributed by atoms with Crippen molar-refractivity contribution < 1.29 is 4.74 Å². The summed E-state index contributed by atoms with van der Waals surface area (Å²) in [5.41, 5.74) is 0.946. The first kappa shape index (κ1) is 12.3. The number of aryl methyl sites for hydroxylation is 2. The number of rotatable bonds is 5. The van der Waals surface area contributed by atoms with Crippen LogP contribution >= 0.6 is 0 Å². The topological polar surface area (TPSA) is 75.7 Å². The Kier molecular flexibility index (Phi) is 3.76. The summed E-state index contributed by atoms with van der Waals surface area (Å²) >= 11 is 0. The fraction of sp³-hybridized carbons (Fsp3) is 0.417. The minimum atomic E-state index is 0.504. The molecular formula is C12H17N5O. The average Bonchev–Trinajstić information content (AvgIpc) is 2.75. The highest BCUT2D eigenvalue weighted by Crippen LogP contribution is 2.20. The number of aromatic amines is 1. The van der Waals surface area contributed by atoms with Crippen molar-refractivity contribution in [2.24, 2.45) is 0 Å². The highest BCUT2D eigenvalue weighted by Gasteiger charge is 2.07. The quantitative estimate of drug-likeness (QED) is 0.847. The van der Waals surface area contributed by atoms with Gasteiger partial charge in [-0.3, -0.25) is 5.10 Å². The Balaban J connectivity index is 2.23. The maximum Gasteiger partial charge on any atom is 0.240 e. The van der Waals surface area contributed by atoms with Gasteiger partial charge in [0.1, 0.15) is 11.6 Å². The van der Waals surface area contributed by atoms with Crippen LogP contribution in [0.2, 0.25) is 0 Å². The van der Waals surface area contributed by atoms with E-state index in [2.05, 4.69) is 32.4 Å². The van der Waals surface area contributed by atoms with Gasteiger partial charge in [0.2, 0.25) is 11.8 Å². The summed E-state index contributed by atoms with van der Waals surface area (Å²) in [7, 11) is 1.82. The molecule has 6 heteroatoms. The molecular weight excluding hydrogens is 230 g/mol. The highest BCUT2D eigenvalue weighted by atomic mass is 16.5. The van der Waals surface area contributed by atoms with Gasteiger partial charge in [0.25, 0.3) is 0 Å². The Hall–Kier alpha value is -2.11. The van der Waals surface area contributed by atoms with Crippen molar-refractivity contribution >= 4 is 5.82 Å². The summed E-state index contributed by atoms with van der Waals surface area (Å²) in [4.78, 5) is 8.71. The molecule has 96 valence electrons. The Morgan fingerprint density at radius 3 is 2.72 bits per heavy atom. The zero-order chi connectivity index (χ0) is 13.0. The first-order valence-corrected chi connectivity index (χ1v) is 5.97.